The molecule has 1 aromatic heterocycles. The molecule has 2 nitrogen and oxygen atoms in total. The molecule has 0 atom stereocenters. The van der Waals surface area contributed by atoms with Gasteiger partial charge in [0.2, 0.25) is 0 Å². The van der Waals surface area contributed by atoms with Gasteiger partial charge in [-0.15, -0.1) is 11.3 Å². The first-order valence-electron chi connectivity index (χ1n) is 8.09. The van der Waals surface area contributed by atoms with Crippen molar-refractivity contribution in [1.82, 2.24) is 0 Å². The Morgan fingerprint density at radius 1 is 0.880 bits per heavy atom. The fourth-order valence-corrected chi connectivity index (χ4v) is 4.01. The highest BCUT2D eigenvalue weighted by Crippen LogP contribution is 2.40. The molecule has 0 N–H and O–H groups in total. The summed E-state index contributed by atoms with van der Waals surface area (Å²) in [5.74, 6) is 0.736. The van der Waals surface area contributed by atoms with Crippen molar-refractivity contribution in [2.45, 2.75) is 6.61 Å². The van der Waals surface area contributed by atoms with Crippen molar-refractivity contribution in [3.05, 3.63) is 90.0 Å². The van der Waals surface area contributed by atoms with Gasteiger partial charge in [-0.2, -0.15) is 0 Å². The van der Waals surface area contributed by atoms with Crippen LogP contribution in [-0.4, -0.2) is 6.29 Å². The number of thiophene rings is 1. The zero-order valence-corrected chi connectivity index (χ0v) is 14.3. The van der Waals surface area contributed by atoms with Crippen molar-refractivity contribution in [3.63, 3.8) is 0 Å². The molecule has 4 aromatic rings. The molecule has 0 fully saturated rings. The smallest absolute Gasteiger partial charge is 0.150 e. The summed E-state index contributed by atoms with van der Waals surface area (Å²) in [6.45, 7) is 0.473. The second-order valence-corrected chi connectivity index (χ2v) is 6.84. The maximum absolute atomic E-state index is 11.6. The normalized spacial score (nSPS) is 10.7. The SMILES string of the molecule is O=Cc1cccc(OCc2ccccc2)c1-c1cc2ccccc2s1. The second-order valence-electron chi connectivity index (χ2n) is 5.76. The van der Waals surface area contributed by atoms with Gasteiger partial charge in [0.1, 0.15) is 12.4 Å². The molecule has 1 heterocycles. The molecule has 0 bridgehead atoms. The Balaban J connectivity index is 1.76. The number of hydrogen-bond donors (Lipinski definition) is 0. The van der Waals surface area contributed by atoms with Crippen LogP contribution in [0, 0.1) is 0 Å². The van der Waals surface area contributed by atoms with Crippen molar-refractivity contribution in [3.8, 4) is 16.2 Å². The Morgan fingerprint density at radius 3 is 2.48 bits per heavy atom. The number of carbonyl (C=O) groups excluding carboxylic acids is 1. The summed E-state index contributed by atoms with van der Waals surface area (Å²) in [5, 5.41) is 1.18. The van der Waals surface area contributed by atoms with Crippen LogP contribution in [0.4, 0.5) is 0 Å². The van der Waals surface area contributed by atoms with Crippen molar-refractivity contribution in [2.75, 3.05) is 0 Å². The van der Waals surface area contributed by atoms with Crippen LogP contribution in [0.1, 0.15) is 15.9 Å². The molecule has 0 unspecified atom stereocenters. The molecular weight excluding hydrogens is 328 g/mol. The predicted octanol–water partition coefficient (Wildman–Crippen LogP) is 5.96. The first-order valence-corrected chi connectivity index (χ1v) is 8.90. The average molecular weight is 344 g/mol. The Bertz CT molecular complexity index is 986. The first-order chi connectivity index (χ1) is 12.3. The third-order valence-corrected chi connectivity index (χ3v) is 5.23. The molecule has 4 rings (SSSR count). The van der Waals surface area contributed by atoms with E-state index in [1.54, 1.807) is 11.3 Å². The molecular formula is C22H16O2S. The van der Waals surface area contributed by atoms with Crippen molar-refractivity contribution in [2.24, 2.45) is 0 Å². The van der Waals surface area contributed by atoms with Crippen molar-refractivity contribution < 1.29 is 9.53 Å². The highest BCUT2D eigenvalue weighted by molar-refractivity contribution is 7.22. The minimum Gasteiger partial charge on any atom is -0.488 e. The van der Waals surface area contributed by atoms with Gasteiger partial charge in [0, 0.05) is 20.7 Å². The van der Waals surface area contributed by atoms with Gasteiger partial charge >= 0.3 is 0 Å². The third kappa shape index (κ3) is 3.19. The summed E-state index contributed by atoms with van der Waals surface area (Å²) >= 11 is 1.68. The Hall–Kier alpha value is -2.91. The third-order valence-electron chi connectivity index (χ3n) is 4.09. The van der Waals surface area contributed by atoms with Gasteiger partial charge < -0.3 is 4.74 Å². The van der Waals surface area contributed by atoms with Gasteiger partial charge in [0.25, 0.3) is 0 Å². The van der Waals surface area contributed by atoms with Crippen LogP contribution in [0.15, 0.2) is 78.9 Å². The van der Waals surface area contributed by atoms with E-state index in [-0.39, 0.29) is 0 Å². The Kier molecular flexibility index (Phi) is 4.32. The van der Waals surface area contributed by atoms with Crippen LogP contribution in [0.25, 0.3) is 20.5 Å². The molecule has 0 saturated heterocycles. The largest absolute Gasteiger partial charge is 0.488 e. The van der Waals surface area contributed by atoms with E-state index in [0.29, 0.717) is 12.2 Å². The summed E-state index contributed by atoms with van der Waals surface area (Å²) in [6.07, 6.45) is 0.898. The van der Waals surface area contributed by atoms with Gasteiger partial charge in [0.15, 0.2) is 6.29 Å². The molecule has 0 radical (unpaired) electrons. The fraction of sp³-hybridized carbons (Fsp3) is 0.0455. The minimum absolute atomic E-state index is 0.473. The monoisotopic (exact) mass is 344 g/mol. The molecule has 0 spiro atoms. The first kappa shape index (κ1) is 15.6. The zero-order chi connectivity index (χ0) is 17.1. The van der Waals surface area contributed by atoms with Crippen LogP contribution in [-0.2, 0) is 6.61 Å². The maximum Gasteiger partial charge on any atom is 0.150 e. The van der Waals surface area contributed by atoms with E-state index < -0.39 is 0 Å². The van der Waals surface area contributed by atoms with Gasteiger partial charge in [0.05, 0.1) is 0 Å². The number of carbonyl (C=O) groups is 1. The van der Waals surface area contributed by atoms with Crippen LogP contribution < -0.4 is 4.74 Å². The molecule has 0 aliphatic carbocycles. The van der Waals surface area contributed by atoms with E-state index in [1.165, 1.54) is 10.1 Å². The molecule has 0 amide bonds. The second kappa shape index (κ2) is 6.91. The zero-order valence-electron chi connectivity index (χ0n) is 13.5. The summed E-state index contributed by atoms with van der Waals surface area (Å²) in [7, 11) is 0. The standard InChI is InChI=1S/C22H16O2S/c23-14-18-10-6-11-19(24-15-16-7-2-1-3-8-16)22(18)21-13-17-9-4-5-12-20(17)25-21/h1-14H,15H2. The van der Waals surface area contributed by atoms with Gasteiger partial charge in [-0.25, -0.2) is 0 Å². The number of ether oxygens (including phenoxy) is 1. The Labute approximate surface area is 150 Å². The van der Waals surface area contributed by atoms with E-state index in [0.717, 1.165) is 28.0 Å². The molecule has 122 valence electrons. The lowest BCUT2D eigenvalue weighted by Gasteiger charge is -2.12. The summed E-state index contributed by atoms with van der Waals surface area (Å²) < 4.78 is 7.27. The fourth-order valence-electron chi connectivity index (χ4n) is 2.87. The van der Waals surface area contributed by atoms with E-state index in [4.69, 9.17) is 4.74 Å². The number of rotatable bonds is 5. The van der Waals surface area contributed by atoms with Crippen molar-refractivity contribution in [1.29, 1.82) is 0 Å². The van der Waals surface area contributed by atoms with E-state index in [9.17, 15) is 4.79 Å². The summed E-state index contributed by atoms with van der Waals surface area (Å²) in [4.78, 5) is 12.6. The highest BCUT2D eigenvalue weighted by Gasteiger charge is 2.14. The minimum atomic E-state index is 0.473. The quantitative estimate of drug-likeness (QED) is 0.418. The maximum atomic E-state index is 11.6. The van der Waals surface area contributed by atoms with Crippen LogP contribution in [0.3, 0.4) is 0 Å². The van der Waals surface area contributed by atoms with Crippen molar-refractivity contribution >= 4 is 27.7 Å². The molecule has 25 heavy (non-hydrogen) atoms. The highest BCUT2D eigenvalue weighted by atomic mass is 32.1. The van der Waals surface area contributed by atoms with Gasteiger partial charge in [-0.3, -0.25) is 4.79 Å². The number of fused-ring (bicyclic) bond motifs is 1. The van der Waals surface area contributed by atoms with Crippen LogP contribution >= 0.6 is 11.3 Å². The molecule has 0 aliphatic heterocycles. The van der Waals surface area contributed by atoms with Gasteiger partial charge in [-0.1, -0.05) is 60.7 Å². The lowest BCUT2D eigenvalue weighted by molar-refractivity contribution is 0.112. The number of hydrogen-bond acceptors (Lipinski definition) is 3. The lowest BCUT2D eigenvalue weighted by Crippen LogP contribution is -1.98. The van der Waals surface area contributed by atoms with E-state index in [1.807, 2.05) is 60.7 Å². The Morgan fingerprint density at radius 2 is 1.68 bits per heavy atom. The molecule has 0 aliphatic rings. The van der Waals surface area contributed by atoms with Crippen LogP contribution in [0.2, 0.25) is 0 Å². The summed E-state index contributed by atoms with van der Waals surface area (Å²) in [6, 6.07) is 26.0. The molecule has 3 aromatic carbocycles. The number of benzene rings is 3. The lowest BCUT2D eigenvalue weighted by atomic mass is 10.1. The topological polar surface area (TPSA) is 26.3 Å². The average Bonchev–Trinajstić information content (AvgIpc) is 3.10. The van der Waals surface area contributed by atoms with Crippen LogP contribution in [0.5, 0.6) is 5.75 Å². The van der Waals surface area contributed by atoms with Gasteiger partial charge in [-0.05, 0) is 29.1 Å². The number of aldehydes is 1. The molecule has 3 heteroatoms. The van der Waals surface area contributed by atoms with E-state index >= 15 is 0 Å². The molecule has 0 saturated carbocycles. The predicted molar refractivity (Wildman–Crippen MR) is 103 cm³/mol. The van der Waals surface area contributed by atoms with E-state index in [2.05, 4.69) is 18.2 Å². The summed E-state index contributed by atoms with van der Waals surface area (Å²) in [5.41, 5.74) is 2.62.